The lowest BCUT2D eigenvalue weighted by Crippen LogP contribution is -2.52. The van der Waals surface area contributed by atoms with Crippen LogP contribution in [0.2, 0.25) is 0 Å². The molecule has 0 bridgehead atoms. The van der Waals surface area contributed by atoms with Gasteiger partial charge in [-0.25, -0.2) is 5.84 Å². The van der Waals surface area contributed by atoms with E-state index in [4.69, 9.17) is 16.3 Å². The molecular weight excluding hydrogens is 635 g/mol. The topological polar surface area (TPSA) is 137 Å². The lowest BCUT2D eigenvalue weighted by atomic mass is 9.86. The van der Waals surface area contributed by atoms with Crippen molar-refractivity contribution in [2.75, 3.05) is 61.6 Å². The number of methoxy groups -OCH3 is 1. The molecule has 0 spiro atoms. The Morgan fingerprint density at radius 3 is 2.37 bits per heavy atom. The lowest BCUT2D eigenvalue weighted by Gasteiger charge is -2.36. The van der Waals surface area contributed by atoms with Crippen LogP contribution in [0.4, 0.5) is 17.1 Å². The largest absolute Gasteiger partial charge is 0.492 e. The van der Waals surface area contributed by atoms with Gasteiger partial charge >= 0.3 is 0 Å². The van der Waals surface area contributed by atoms with E-state index in [-0.39, 0.29) is 11.3 Å². The minimum Gasteiger partial charge on any atom is -0.492 e. The summed E-state index contributed by atoms with van der Waals surface area (Å²) in [4.78, 5) is 22.7. The van der Waals surface area contributed by atoms with Crippen LogP contribution in [0.5, 0.6) is 5.75 Å². The average molecular weight is 686 g/mol. The molecule has 3 aromatic carbocycles. The van der Waals surface area contributed by atoms with Gasteiger partial charge in [-0.1, -0.05) is 75.7 Å². The van der Waals surface area contributed by atoms with Gasteiger partial charge in [-0.05, 0) is 53.3 Å². The number of anilines is 3. The number of ether oxygens (including phenoxy) is 1. The van der Waals surface area contributed by atoms with Crippen molar-refractivity contribution in [3.05, 3.63) is 107 Å². The van der Waals surface area contributed by atoms with Crippen LogP contribution in [0, 0.1) is 6.92 Å². The van der Waals surface area contributed by atoms with Crippen LogP contribution in [-0.4, -0.2) is 68.3 Å². The minimum absolute atomic E-state index is 0.149. The van der Waals surface area contributed by atoms with Crippen molar-refractivity contribution in [1.29, 1.82) is 0 Å². The number of hydrazine groups is 1. The number of nitrogens with one attached hydrogen (secondary N) is 3. The van der Waals surface area contributed by atoms with Gasteiger partial charge in [0, 0.05) is 57.8 Å². The summed E-state index contributed by atoms with van der Waals surface area (Å²) in [6.07, 6.45) is 3.52. The van der Waals surface area contributed by atoms with Gasteiger partial charge in [-0.3, -0.25) is 19.7 Å². The fraction of sp³-hybridized carbons (Fsp3) is 0.351. The van der Waals surface area contributed by atoms with E-state index in [1.807, 2.05) is 37.4 Å². The molecule has 1 saturated heterocycles. The number of carbonyl (C=O) groups excluding carboxylic acids is 1. The van der Waals surface area contributed by atoms with Gasteiger partial charge in [-0.15, -0.1) is 0 Å². The summed E-state index contributed by atoms with van der Waals surface area (Å²) in [7, 11) is 3.33. The molecule has 1 fully saturated rings. The van der Waals surface area contributed by atoms with E-state index < -0.39 is 0 Å². The molecule has 3 aromatic rings. The van der Waals surface area contributed by atoms with Gasteiger partial charge in [-0.2, -0.15) is 0 Å². The third kappa shape index (κ3) is 9.71. The van der Waals surface area contributed by atoms with Crippen LogP contribution in [0.1, 0.15) is 47.8 Å². The summed E-state index contributed by atoms with van der Waals surface area (Å²) >= 11 is 1.45. The fourth-order valence-electron chi connectivity index (χ4n) is 5.52. The van der Waals surface area contributed by atoms with E-state index in [1.165, 1.54) is 22.5 Å². The van der Waals surface area contributed by atoms with E-state index in [0.717, 1.165) is 49.5 Å². The zero-order chi connectivity index (χ0) is 35.7. The molecular formula is C37H51N9O2S. The van der Waals surface area contributed by atoms with Crippen molar-refractivity contribution in [1.82, 2.24) is 15.1 Å². The third-order valence-electron chi connectivity index (χ3n) is 8.39. The maximum atomic E-state index is 13.6. The Hall–Kier alpha value is -4.65. The molecule has 0 aromatic heterocycles. The summed E-state index contributed by atoms with van der Waals surface area (Å²) < 4.78 is 8.98. The molecule has 262 valence electrons. The van der Waals surface area contributed by atoms with Gasteiger partial charge in [0.05, 0.1) is 35.6 Å². The molecule has 4 rings (SSSR count). The maximum absolute atomic E-state index is 13.6. The predicted molar refractivity (Wildman–Crippen MR) is 206 cm³/mol. The van der Waals surface area contributed by atoms with Crippen LogP contribution in [0.3, 0.4) is 0 Å². The second kappa shape index (κ2) is 16.6. The number of rotatable bonds is 11. The SMILES string of the molecule is C=C(NC(=NC)N1CCN(Cc2ccccc2)CC1)/C(N)=C/N(N)c1cc(C(=O)Nc2cc(C(C)(C)C)cc(NSC)c2OC)ccc1C. The van der Waals surface area contributed by atoms with Crippen molar-refractivity contribution < 1.29 is 9.53 Å². The molecule has 0 radical (unpaired) electrons. The molecule has 12 heteroatoms. The maximum Gasteiger partial charge on any atom is 0.255 e. The first kappa shape index (κ1) is 37.2. The third-order valence-corrected chi connectivity index (χ3v) is 8.81. The first-order valence-electron chi connectivity index (χ1n) is 16.2. The van der Waals surface area contributed by atoms with Gasteiger partial charge < -0.3 is 30.7 Å². The average Bonchev–Trinajstić information content (AvgIpc) is 3.07. The summed E-state index contributed by atoms with van der Waals surface area (Å²) in [5, 5.41) is 7.73. The molecule has 7 N–H and O–H groups in total. The van der Waals surface area contributed by atoms with Crippen molar-refractivity contribution in [2.24, 2.45) is 16.6 Å². The molecule has 0 atom stereocenters. The number of nitrogens with zero attached hydrogens (tertiary/aromatic N) is 4. The van der Waals surface area contributed by atoms with E-state index in [2.05, 4.69) is 81.8 Å². The summed E-state index contributed by atoms with van der Waals surface area (Å²) in [5.74, 6) is 7.45. The number of hydrogen-bond donors (Lipinski definition) is 5. The van der Waals surface area contributed by atoms with Gasteiger partial charge in [0.25, 0.3) is 5.91 Å². The number of amides is 1. The highest BCUT2D eigenvalue weighted by molar-refractivity contribution is 7.99. The number of benzene rings is 3. The van der Waals surface area contributed by atoms with Crippen LogP contribution in [0.15, 0.2) is 89.8 Å². The lowest BCUT2D eigenvalue weighted by molar-refractivity contribution is 0.102. The standard InChI is InChI=1S/C37H51N9O2S/c1-25-14-15-28(35(47)42-31-21-29(37(3,4)5)22-32(43-49-8)34(31)48-7)20-33(25)46(39)24-30(38)26(2)41-36(40-6)45-18-16-44(17-19-45)23-27-12-10-9-11-13-27/h9-15,20-22,24,43H,2,16-19,23,38-39H2,1,3-8H3,(H,40,41)(H,42,47)/b30-24-. The Morgan fingerprint density at radius 2 is 1.76 bits per heavy atom. The first-order chi connectivity index (χ1) is 23.3. The molecule has 0 aliphatic carbocycles. The second-order valence-corrected chi connectivity index (χ2v) is 13.6. The number of nitrogens with two attached hydrogens (primary N) is 2. The summed E-state index contributed by atoms with van der Waals surface area (Å²) in [6, 6.07) is 19.8. The zero-order valence-corrected chi connectivity index (χ0v) is 30.6. The minimum atomic E-state index is -0.301. The summed E-state index contributed by atoms with van der Waals surface area (Å²) in [5.41, 5.74) is 12.7. The number of aliphatic imine (C=N–C) groups is 1. The number of aryl methyl sites for hydroxylation is 1. The fourth-order valence-corrected chi connectivity index (χ4v) is 5.90. The zero-order valence-electron chi connectivity index (χ0n) is 29.8. The smallest absolute Gasteiger partial charge is 0.255 e. The Kier molecular flexibility index (Phi) is 12.6. The van der Waals surface area contributed by atoms with Crippen LogP contribution < -0.4 is 36.7 Å². The Morgan fingerprint density at radius 1 is 1.08 bits per heavy atom. The Balaban J connectivity index is 1.44. The van der Waals surface area contributed by atoms with Crippen molar-refractivity contribution in [3.63, 3.8) is 0 Å². The van der Waals surface area contributed by atoms with Gasteiger partial charge in [0.15, 0.2) is 11.7 Å². The molecule has 1 heterocycles. The summed E-state index contributed by atoms with van der Waals surface area (Å²) in [6.45, 7) is 16.8. The second-order valence-electron chi connectivity index (χ2n) is 13.0. The van der Waals surface area contributed by atoms with Gasteiger partial charge in [0.2, 0.25) is 0 Å². The molecule has 0 saturated carbocycles. The van der Waals surface area contributed by atoms with E-state index >= 15 is 0 Å². The highest BCUT2D eigenvalue weighted by Crippen LogP contribution is 2.39. The molecule has 1 aliphatic heterocycles. The first-order valence-corrected chi connectivity index (χ1v) is 17.5. The molecule has 1 amide bonds. The van der Waals surface area contributed by atoms with Crippen molar-refractivity contribution in [3.8, 4) is 5.75 Å². The highest BCUT2D eigenvalue weighted by atomic mass is 32.2. The number of hydrogen-bond acceptors (Lipinski definition) is 9. The molecule has 11 nitrogen and oxygen atoms in total. The van der Waals surface area contributed by atoms with Crippen LogP contribution >= 0.6 is 11.9 Å². The van der Waals surface area contributed by atoms with E-state index in [9.17, 15) is 4.79 Å². The Bertz CT molecular complexity index is 1680. The number of guanidine groups is 1. The monoisotopic (exact) mass is 685 g/mol. The van der Waals surface area contributed by atoms with Crippen molar-refractivity contribution in [2.45, 2.75) is 39.7 Å². The van der Waals surface area contributed by atoms with E-state index in [1.54, 1.807) is 32.5 Å². The Labute approximate surface area is 295 Å². The predicted octanol–water partition coefficient (Wildman–Crippen LogP) is 5.63. The highest BCUT2D eigenvalue weighted by Gasteiger charge is 2.23. The van der Waals surface area contributed by atoms with Crippen LogP contribution in [-0.2, 0) is 12.0 Å². The quantitative estimate of drug-likeness (QED) is 0.0432. The van der Waals surface area contributed by atoms with E-state index in [0.29, 0.717) is 40.0 Å². The molecule has 1 aliphatic rings. The van der Waals surface area contributed by atoms with Gasteiger partial charge in [0.1, 0.15) is 0 Å². The normalized spacial score (nSPS) is 14.3. The molecule has 0 unspecified atom stereocenters. The number of carbonyl (C=O) groups is 1. The number of piperazine rings is 1. The van der Waals surface area contributed by atoms with Crippen LogP contribution in [0.25, 0.3) is 0 Å². The van der Waals surface area contributed by atoms with Crippen molar-refractivity contribution >= 4 is 40.9 Å². The molecule has 49 heavy (non-hydrogen) atoms.